The molecule has 3 aromatic carbocycles. The second kappa shape index (κ2) is 10.1. The minimum absolute atomic E-state index is 0.0395. The first-order chi connectivity index (χ1) is 14.9. The van der Waals surface area contributed by atoms with Crippen LogP contribution in [0.25, 0.3) is 0 Å². The summed E-state index contributed by atoms with van der Waals surface area (Å²) in [6.45, 7) is 2.72. The summed E-state index contributed by atoms with van der Waals surface area (Å²) in [7, 11) is -3.80. The molecule has 0 aliphatic heterocycles. The summed E-state index contributed by atoms with van der Waals surface area (Å²) in [5.74, 6) is -0.00231. The molecule has 31 heavy (non-hydrogen) atoms. The third-order valence-corrected chi connectivity index (χ3v) is 5.83. The van der Waals surface area contributed by atoms with Crippen molar-refractivity contribution in [3.05, 3.63) is 89.7 Å². The van der Waals surface area contributed by atoms with E-state index in [0.29, 0.717) is 36.6 Å². The fourth-order valence-corrected chi connectivity index (χ4v) is 3.96. The monoisotopic (exact) mass is 442 g/mol. The van der Waals surface area contributed by atoms with E-state index in [0.717, 1.165) is 5.56 Å². The lowest BCUT2D eigenvalue weighted by Gasteiger charge is -2.10. The zero-order valence-electron chi connectivity index (χ0n) is 17.0. The van der Waals surface area contributed by atoms with E-state index in [-0.39, 0.29) is 16.6 Å². The molecule has 0 bridgehead atoms. The molecule has 0 saturated carbocycles. The number of sulfonamides is 1. The predicted octanol–water partition coefficient (Wildman–Crippen LogP) is 4.00. The molecular formula is C23H23FN2O4S. The maximum absolute atomic E-state index is 13.2. The minimum atomic E-state index is -3.80. The first-order valence-corrected chi connectivity index (χ1v) is 11.2. The lowest BCUT2D eigenvalue weighted by molar-refractivity contribution is 0.0954. The number of ether oxygens (including phenoxy) is 1. The van der Waals surface area contributed by atoms with Crippen molar-refractivity contribution >= 4 is 21.6 Å². The van der Waals surface area contributed by atoms with Gasteiger partial charge in [0.25, 0.3) is 15.9 Å². The highest BCUT2D eigenvalue weighted by atomic mass is 32.2. The molecule has 0 atom stereocenters. The second-order valence-corrected chi connectivity index (χ2v) is 8.41. The highest BCUT2D eigenvalue weighted by molar-refractivity contribution is 7.92. The van der Waals surface area contributed by atoms with E-state index < -0.39 is 10.0 Å². The predicted molar refractivity (Wildman–Crippen MR) is 117 cm³/mol. The number of benzene rings is 3. The number of carbonyl (C=O) groups is 1. The quantitative estimate of drug-likeness (QED) is 0.525. The van der Waals surface area contributed by atoms with Crippen molar-refractivity contribution in [3.8, 4) is 5.75 Å². The minimum Gasteiger partial charge on any atom is -0.494 e. The van der Waals surface area contributed by atoms with Gasteiger partial charge in [0.15, 0.2) is 0 Å². The van der Waals surface area contributed by atoms with Crippen LogP contribution in [0.5, 0.6) is 5.75 Å². The molecule has 8 heteroatoms. The van der Waals surface area contributed by atoms with Crippen LogP contribution in [-0.4, -0.2) is 27.5 Å². The van der Waals surface area contributed by atoms with E-state index in [9.17, 15) is 17.6 Å². The number of anilines is 1. The Morgan fingerprint density at radius 1 is 1.00 bits per heavy atom. The van der Waals surface area contributed by atoms with Gasteiger partial charge < -0.3 is 10.1 Å². The van der Waals surface area contributed by atoms with Gasteiger partial charge in [-0.2, -0.15) is 0 Å². The van der Waals surface area contributed by atoms with Crippen molar-refractivity contribution in [2.24, 2.45) is 0 Å². The smallest absolute Gasteiger partial charge is 0.261 e. The molecule has 3 rings (SSSR count). The van der Waals surface area contributed by atoms with Crippen LogP contribution in [0.1, 0.15) is 22.8 Å². The molecule has 0 heterocycles. The van der Waals surface area contributed by atoms with Gasteiger partial charge >= 0.3 is 0 Å². The molecule has 0 fully saturated rings. The number of nitrogens with one attached hydrogen (secondary N) is 2. The summed E-state index contributed by atoms with van der Waals surface area (Å²) in [4.78, 5) is 12.3. The molecule has 0 aromatic heterocycles. The van der Waals surface area contributed by atoms with Crippen molar-refractivity contribution in [1.82, 2.24) is 5.32 Å². The molecule has 0 aliphatic rings. The lowest BCUT2D eigenvalue weighted by Crippen LogP contribution is -2.25. The van der Waals surface area contributed by atoms with Crippen molar-refractivity contribution in [2.45, 2.75) is 18.2 Å². The Hall–Kier alpha value is -3.39. The maximum atomic E-state index is 13.2. The van der Waals surface area contributed by atoms with E-state index >= 15 is 0 Å². The summed E-state index contributed by atoms with van der Waals surface area (Å²) in [6.07, 6.45) is 0.488. The van der Waals surface area contributed by atoms with Crippen LogP contribution in [0.4, 0.5) is 10.1 Å². The third-order valence-electron chi connectivity index (χ3n) is 4.43. The lowest BCUT2D eigenvalue weighted by atomic mass is 10.1. The normalized spacial score (nSPS) is 11.0. The molecule has 0 spiro atoms. The van der Waals surface area contributed by atoms with Crippen LogP contribution in [0.2, 0.25) is 0 Å². The Morgan fingerprint density at radius 3 is 2.35 bits per heavy atom. The third kappa shape index (κ3) is 6.29. The van der Waals surface area contributed by atoms with Gasteiger partial charge in [0.05, 0.1) is 11.5 Å². The number of halogens is 1. The Balaban J connectivity index is 1.58. The van der Waals surface area contributed by atoms with E-state index in [4.69, 9.17) is 4.74 Å². The van der Waals surface area contributed by atoms with Crippen molar-refractivity contribution in [3.63, 3.8) is 0 Å². The summed E-state index contributed by atoms with van der Waals surface area (Å²) in [6, 6.07) is 18.4. The molecule has 0 radical (unpaired) electrons. The zero-order valence-corrected chi connectivity index (χ0v) is 17.8. The topological polar surface area (TPSA) is 84.5 Å². The van der Waals surface area contributed by atoms with Crippen LogP contribution in [0, 0.1) is 5.82 Å². The maximum Gasteiger partial charge on any atom is 0.261 e. The van der Waals surface area contributed by atoms with Gasteiger partial charge in [-0.3, -0.25) is 9.52 Å². The zero-order chi connectivity index (χ0) is 22.3. The molecule has 6 nitrogen and oxygen atoms in total. The Bertz CT molecular complexity index is 1130. The van der Waals surface area contributed by atoms with Crippen LogP contribution in [-0.2, 0) is 16.4 Å². The van der Waals surface area contributed by atoms with Crippen LogP contribution < -0.4 is 14.8 Å². The highest BCUT2D eigenvalue weighted by Crippen LogP contribution is 2.20. The van der Waals surface area contributed by atoms with E-state index in [1.54, 1.807) is 36.4 Å². The molecular weight excluding hydrogens is 419 g/mol. The molecule has 2 N–H and O–H groups in total. The Kier molecular flexibility index (Phi) is 7.25. The summed E-state index contributed by atoms with van der Waals surface area (Å²) < 4.78 is 46.2. The van der Waals surface area contributed by atoms with Gasteiger partial charge in [-0.05, 0) is 79.6 Å². The van der Waals surface area contributed by atoms with Crippen LogP contribution in [0.3, 0.4) is 0 Å². The largest absolute Gasteiger partial charge is 0.494 e. The average molecular weight is 443 g/mol. The van der Waals surface area contributed by atoms with Gasteiger partial charge in [0.2, 0.25) is 0 Å². The first-order valence-electron chi connectivity index (χ1n) is 9.76. The van der Waals surface area contributed by atoms with Crippen LogP contribution >= 0.6 is 0 Å². The van der Waals surface area contributed by atoms with Gasteiger partial charge in [-0.1, -0.05) is 12.1 Å². The number of hydrogen-bond donors (Lipinski definition) is 2. The standard InChI is InChI=1S/C23H23FN2O4S/c1-2-30-21-10-8-20(9-11-21)26-31(28,29)22-12-6-18(7-13-22)23(27)25-15-14-17-4-3-5-19(24)16-17/h3-13,16,26H,2,14-15H2,1H3,(H,25,27). The van der Waals surface area contributed by atoms with Gasteiger partial charge in [0.1, 0.15) is 11.6 Å². The number of rotatable bonds is 9. The molecule has 0 unspecified atom stereocenters. The van der Waals surface area contributed by atoms with E-state index in [2.05, 4.69) is 10.0 Å². The molecule has 0 saturated heterocycles. The number of amides is 1. The van der Waals surface area contributed by atoms with Crippen molar-refractivity contribution in [2.75, 3.05) is 17.9 Å². The summed E-state index contributed by atoms with van der Waals surface area (Å²) in [5.41, 5.74) is 1.52. The van der Waals surface area contributed by atoms with Gasteiger partial charge in [-0.25, -0.2) is 12.8 Å². The fourth-order valence-electron chi connectivity index (χ4n) is 2.90. The molecule has 162 valence electrons. The first kappa shape index (κ1) is 22.3. The van der Waals surface area contributed by atoms with E-state index in [1.807, 2.05) is 6.92 Å². The van der Waals surface area contributed by atoms with Crippen molar-refractivity contribution < 1.29 is 22.3 Å². The van der Waals surface area contributed by atoms with Gasteiger partial charge in [0, 0.05) is 17.8 Å². The van der Waals surface area contributed by atoms with Gasteiger partial charge in [-0.15, -0.1) is 0 Å². The molecule has 3 aromatic rings. The second-order valence-electron chi connectivity index (χ2n) is 6.72. The van der Waals surface area contributed by atoms with E-state index in [1.165, 1.54) is 36.4 Å². The fraction of sp³-hybridized carbons (Fsp3) is 0.174. The van der Waals surface area contributed by atoms with Crippen molar-refractivity contribution in [1.29, 1.82) is 0 Å². The molecule has 0 aliphatic carbocycles. The number of hydrogen-bond acceptors (Lipinski definition) is 4. The summed E-state index contributed by atoms with van der Waals surface area (Å²) in [5, 5.41) is 2.74. The Labute approximate surface area is 181 Å². The highest BCUT2D eigenvalue weighted by Gasteiger charge is 2.15. The van der Waals surface area contributed by atoms with Crippen LogP contribution in [0.15, 0.2) is 77.7 Å². The number of carbonyl (C=O) groups excluding carboxylic acids is 1. The summed E-state index contributed by atoms with van der Waals surface area (Å²) >= 11 is 0. The SMILES string of the molecule is CCOc1ccc(NS(=O)(=O)c2ccc(C(=O)NCCc3cccc(F)c3)cc2)cc1. The average Bonchev–Trinajstić information content (AvgIpc) is 2.75. The molecule has 1 amide bonds. The Morgan fingerprint density at radius 2 is 1.71 bits per heavy atom.